The molecule has 47 valence electrons. The third-order valence-electron chi connectivity index (χ3n) is 0.863. The van der Waals surface area contributed by atoms with Gasteiger partial charge in [0.15, 0.2) is 0 Å². The molecule has 0 amide bonds. The van der Waals surface area contributed by atoms with E-state index in [1.165, 1.54) is 12.1 Å². The molecule has 0 atom stereocenters. The molecule has 0 aliphatic rings. The predicted octanol–water partition coefficient (Wildman–Crippen LogP) is 2.91. The summed E-state index contributed by atoms with van der Waals surface area (Å²) in [5.74, 6) is 0. The quantitative estimate of drug-likeness (QED) is 0.558. The van der Waals surface area contributed by atoms with Crippen LogP contribution in [0.25, 0.3) is 0 Å². The summed E-state index contributed by atoms with van der Waals surface area (Å²) in [6.07, 6.45) is 0. The van der Waals surface area contributed by atoms with Crippen molar-refractivity contribution in [3.8, 4) is 0 Å². The fraction of sp³-hybridized carbons (Fsp3) is 0. The molecule has 0 heterocycles. The van der Waals surface area contributed by atoms with Crippen molar-refractivity contribution in [1.82, 2.24) is 5.73 Å². The third-order valence-corrected chi connectivity index (χ3v) is 1.30. The Balaban J connectivity index is 3.17. The summed E-state index contributed by atoms with van der Waals surface area (Å²) < 4.78 is 0. The molecule has 0 fully saturated rings. The Kier molecular flexibility index (Phi) is 1.84. The van der Waals surface area contributed by atoms with E-state index in [-0.39, 0.29) is 0 Å². The average molecular weight is 161 g/mol. The first-order valence-corrected chi connectivity index (χ1v) is 3.12. The molecule has 0 aromatic heterocycles. The summed E-state index contributed by atoms with van der Waals surface area (Å²) >= 11 is 11.1. The van der Waals surface area contributed by atoms with Gasteiger partial charge in [-0.2, -0.15) is 0 Å². The lowest BCUT2D eigenvalue weighted by atomic mass is 10.3. The Hall–Kier alpha value is -0.400. The van der Waals surface area contributed by atoms with Crippen LogP contribution in [0.2, 0.25) is 10.0 Å². The van der Waals surface area contributed by atoms with Crippen LogP contribution < -0.4 is 5.73 Å². The van der Waals surface area contributed by atoms with Crippen molar-refractivity contribution in [2.75, 3.05) is 0 Å². The zero-order chi connectivity index (χ0) is 6.85. The fourth-order valence-electron chi connectivity index (χ4n) is 0.554. The SMILES string of the molecule is [NH]c1cc(Cl)cc(Cl)c1. The van der Waals surface area contributed by atoms with E-state index in [4.69, 9.17) is 28.9 Å². The zero-order valence-electron chi connectivity index (χ0n) is 4.49. The van der Waals surface area contributed by atoms with Crippen molar-refractivity contribution in [3.05, 3.63) is 28.2 Å². The largest absolute Gasteiger partial charge is 0.301 e. The minimum atomic E-state index is 0.340. The predicted molar refractivity (Wildman–Crippen MR) is 39.2 cm³/mol. The second-order valence-electron chi connectivity index (χ2n) is 1.66. The van der Waals surface area contributed by atoms with E-state index in [2.05, 4.69) is 0 Å². The van der Waals surface area contributed by atoms with Gasteiger partial charge in [-0.15, -0.1) is 0 Å². The molecule has 0 spiro atoms. The monoisotopic (exact) mass is 160 g/mol. The third kappa shape index (κ3) is 1.77. The second kappa shape index (κ2) is 2.46. The molecule has 3 heteroatoms. The van der Waals surface area contributed by atoms with E-state index in [0.29, 0.717) is 15.7 Å². The van der Waals surface area contributed by atoms with Gasteiger partial charge >= 0.3 is 0 Å². The van der Waals surface area contributed by atoms with E-state index in [9.17, 15) is 0 Å². The van der Waals surface area contributed by atoms with Gasteiger partial charge in [-0.05, 0) is 18.2 Å². The van der Waals surface area contributed by atoms with Gasteiger partial charge in [0, 0.05) is 10.0 Å². The van der Waals surface area contributed by atoms with E-state index in [1.807, 2.05) is 0 Å². The molecule has 0 aliphatic carbocycles. The van der Waals surface area contributed by atoms with E-state index in [1.54, 1.807) is 6.07 Å². The normalized spacial score (nSPS) is 9.56. The molecule has 1 N–H and O–H groups in total. The van der Waals surface area contributed by atoms with E-state index >= 15 is 0 Å². The lowest BCUT2D eigenvalue weighted by molar-refractivity contribution is 1.49. The molecule has 1 rings (SSSR count). The topological polar surface area (TPSA) is 23.8 Å². The van der Waals surface area contributed by atoms with Gasteiger partial charge in [-0.25, -0.2) is 0 Å². The molecular formula is C6H4Cl2N. The maximum Gasteiger partial charge on any atom is 0.0569 e. The molecular weight excluding hydrogens is 157 g/mol. The molecule has 0 unspecified atom stereocenters. The van der Waals surface area contributed by atoms with Gasteiger partial charge in [0.2, 0.25) is 0 Å². The van der Waals surface area contributed by atoms with Crippen LogP contribution in [-0.4, -0.2) is 0 Å². The Labute approximate surface area is 63.4 Å². The molecule has 0 saturated carbocycles. The highest BCUT2D eigenvalue weighted by Crippen LogP contribution is 2.20. The number of halogens is 2. The highest BCUT2D eigenvalue weighted by Gasteiger charge is 1.92. The van der Waals surface area contributed by atoms with Crippen molar-refractivity contribution >= 4 is 28.9 Å². The van der Waals surface area contributed by atoms with Crippen molar-refractivity contribution in [3.63, 3.8) is 0 Å². The molecule has 0 aliphatic heterocycles. The summed E-state index contributed by atoms with van der Waals surface area (Å²) in [7, 11) is 0. The van der Waals surface area contributed by atoms with E-state index < -0.39 is 0 Å². The first kappa shape index (κ1) is 6.72. The van der Waals surface area contributed by atoms with Crippen molar-refractivity contribution in [1.29, 1.82) is 0 Å². The number of hydrogen-bond donors (Lipinski definition) is 0. The van der Waals surface area contributed by atoms with Gasteiger partial charge in [-0.1, -0.05) is 23.2 Å². The second-order valence-corrected chi connectivity index (χ2v) is 2.53. The fourth-order valence-corrected chi connectivity index (χ4v) is 1.08. The highest BCUT2D eigenvalue weighted by molar-refractivity contribution is 6.34. The van der Waals surface area contributed by atoms with Gasteiger partial charge in [0.25, 0.3) is 0 Å². The average Bonchev–Trinajstić information content (AvgIpc) is 1.59. The van der Waals surface area contributed by atoms with Crippen molar-refractivity contribution in [2.24, 2.45) is 0 Å². The highest BCUT2D eigenvalue weighted by atomic mass is 35.5. The standard InChI is InChI=1S/C6H4Cl2N/c7-4-1-5(8)3-6(9)2-4/h1-3,9H. The lowest BCUT2D eigenvalue weighted by Crippen LogP contribution is -1.69. The molecule has 1 radical (unpaired) electrons. The van der Waals surface area contributed by atoms with Crippen LogP contribution in [-0.2, 0) is 0 Å². The Morgan fingerprint density at radius 3 is 1.78 bits per heavy atom. The smallest absolute Gasteiger partial charge is 0.0569 e. The van der Waals surface area contributed by atoms with Crippen LogP contribution in [0.4, 0.5) is 5.69 Å². The van der Waals surface area contributed by atoms with E-state index in [0.717, 1.165) is 0 Å². The van der Waals surface area contributed by atoms with Gasteiger partial charge in [-0.3, -0.25) is 0 Å². The summed E-state index contributed by atoms with van der Waals surface area (Å²) in [4.78, 5) is 0. The van der Waals surface area contributed by atoms with Crippen molar-refractivity contribution < 1.29 is 0 Å². The minimum absolute atomic E-state index is 0.340. The summed E-state index contributed by atoms with van der Waals surface area (Å²) in [5, 5.41) is 1.01. The Morgan fingerprint density at radius 2 is 1.44 bits per heavy atom. The van der Waals surface area contributed by atoms with Crippen LogP contribution in [0.1, 0.15) is 0 Å². The van der Waals surface area contributed by atoms with Gasteiger partial charge in [0.1, 0.15) is 0 Å². The summed E-state index contributed by atoms with van der Waals surface area (Å²) in [6, 6.07) is 4.67. The maximum absolute atomic E-state index is 7.11. The van der Waals surface area contributed by atoms with Crippen LogP contribution in [0.3, 0.4) is 0 Å². The number of benzene rings is 1. The lowest BCUT2D eigenvalue weighted by Gasteiger charge is -1.92. The first-order chi connectivity index (χ1) is 4.18. The number of hydrogen-bond acceptors (Lipinski definition) is 0. The summed E-state index contributed by atoms with van der Waals surface area (Å²) in [5.41, 5.74) is 7.45. The number of nitrogens with one attached hydrogen (secondary N) is 1. The number of rotatable bonds is 0. The Bertz CT molecular complexity index is 172. The molecule has 1 aromatic carbocycles. The molecule has 1 aromatic rings. The maximum atomic E-state index is 7.11. The van der Waals surface area contributed by atoms with Crippen molar-refractivity contribution in [2.45, 2.75) is 0 Å². The van der Waals surface area contributed by atoms with Crippen LogP contribution >= 0.6 is 23.2 Å². The molecule has 1 nitrogen and oxygen atoms in total. The molecule has 0 saturated heterocycles. The van der Waals surface area contributed by atoms with Crippen LogP contribution in [0.5, 0.6) is 0 Å². The zero-order valence-corrected chi connectivity index (χ0v) is 6.00. The molecule has 0 bridgehead atoms. The summed E-state index contributed by atoms with van der Waals surface area (Å²) in [6.45, 7) is 0. The van der Waals surface area contributed by atoms with Gasteiger partial charge in [0.05, 0.1) is 5.69 Å². The van der Waals surface area contributed by atoms with Crippen LogP contribution in [0, 0.1) is 0 Å². The first-order valence-electron chi connectivity index (χ1n) is 2.36. The van der Waals surface area contributed by atoms with Gasteiger partial charge < -0.3 is 5.73 Å². The minimum Gasteiger partial charge on any atom is -0.301 e. The van der Waals surface area contributed by atoms with Crippen LogP contribution in [0.15, 0.2) is 18.2 Å². The molecule has 9 heavy (non-hydrogen) atoms. The Morgan fingerprint density at radius 1 is 1.00 bits per heavy atom.